The van der Waals surface area contributed by atoms with E-state index in [-0.39, 0.29) is 0 Å². The Kier molecular flexibility index (Phi) is 5.70. The Morgan fingerprint density at radius 2 is 1.89 bits per heavy atom. The molecule has 0 radical (unpaired) electrons. The maximum absolute atomic E-state index is 3.71. The first kappa shape index (κ1) is 15.3. The highest BCUT2D eigenvalue weighted by molar-refractivity contribution is 4.94. The summed E-state index contributed by atoms with van der Waals surface area (Å²) >= 11 is 0. The van der Waals surface area contributed by atoms with Gasteiger partial charge in [0.1, 0.15) is 0 Å². The highest BCUT2D eigenvalue weighted by Gasteiger charge is 2.39. The lowest BCUT2D eigenvalue weighted by atomic mass is 9.84. The van der Waals surface area contributed by atoms with Crippen LogP contribution in [0.4, 0.5) is 0 Å². The van der Waals surface area contributed by atoms with E-state index in [1.807, 2.05) is 0 Å². The van der Waals surface area contributed by atoms with E-state index >= 15 is 0 Å². The zero-order valence-electron chi connectivity index (χ0n) is 13.4. The van der Waals surface area contributed by atoms with E-state index < -0.39 is 0 Å². The number of nitrogens with zero attached hydrogens (tertiary/aromatic N) is 1. The fourth-order valence-corrected chi connectivity index (χ4v) is 4.28. The second-order valence-electron chi connectivity index (χ2n) is 7.04. The molecule has 2 fully saturated rings. The Bertz CT molecular complexity index is 258. The van der Waals surface area contributed by atoms with Crippen LogP contribution in [0.3, 0.4) is 0 Å². The zero-order chi connectivity index (χ0) is 13.7. The Hall–Kier alpha value is -0.0800. The van der Waals surface area contributed by atoms with Crippen LogP contribution in [0.25, 0.3) is 0 Å². The van der Waals surface area contributed by atoms with Crippen molar-refractivity contribution in [2.45, 2.75) is 84.2 Å². The molecule has 1 saturated carbocycles. The van der Waals surface area contributed by atoms with Gasteiger partial charge in [-0.2, -0.15) is 0 Å². The first-order valence-electron chi connectivity index (χ1n) is 8.67. The third-order valence-corrected chi connectivity index (χ3v) is 5.53. The minimum Gasteiger partial charge on any atom is -0.316 e. The summed E-state index contributed by atoms with van der Waals surface area (Å²) in [7, 11) is 0. The van der Waals surface area contributed by atoms with Gasteiger partial charge in [0.2, 0.25) is 0 Å². The maximum Gasteiger partial charge on any atom is 0.00962 e. The van der Waals surface area contributed by atoms with E-state index in [0.29, 0.717) is 5.41 Å². The molecular formula is C17H34N2. The van der Waals surface area contributed by atoms with Crippen LogP contribution in [0, 0.1) is 5.41 Å². The summed E-state index contributed by atoms with van der Waals surface area (Å²) in [5.74, 6) is 0. The summed E-state index contributed by atoms with van der Waals surface area (Å²) in [5.41, 5.74) is 0.585. The average molecular weight is 266 g/mol. The molecule has 0 bridgehead atoms. The minimum absolute atomic E-state index is 0.585. The molecular weight excluding hydrogens is 232 g/mol. The summed E-state index contributed by atoms with van der Waals surface area (Å²) in [5, 5.41) is 3.71. The molecule has 2 heteroatoms. The van der Waals surface area contributed by atoms with Gasteiger partial charge in [0.05, 0.1) is 0 Å². The second-order valence-corrected chi connectivity index (χ2v) is 7.04. The molecule has 1 aliphatic heterocycles. The molecule has 1 heterocycles. The van der Waals surface area contributed by atoms with E-state index in [2.05, 4.69) is 31.0 Å². The molecule has 0 amide bonds. The third kappa shape index (κ3) is 3.72. The lowest BCUT2D eigenvalue weighted by Gasteiger charge is -2.38. The van der Waals surface area contributed by atoms with Crippen molar-refractivity contribution in [1.29, 1.82) is 0 Å². The van der Waals surface area contributed by atoms with Gasteiger partial charge in [-0.05, 0) is 57.4 Å². The van der Waals surface area contributed by atoms with Gasteiger partial charge >= 0.3 is 0 Å². The summed E-state index contributed by atoms with van der Waals surface area (Å²) in [6.07, 6.45) is 11.2. The number of rotatable bonds is 7. The molecule has 0 aromatic rings. The molecule has 2 unspecified atom stereocenters. The number of likely N-dealkylation sites (tertiary alicyclic amines) is 1. The fourth-order valence-electron chi connectivity index (χ4n) is 4.28. The second kappa shape index (κ2) is 7.08. The molecule has 2 aliphatic rings. The van der Waals surface area contributed by atoms with E-state index in [4.69, 9.17) is 0 Å². The monoisotopic (exact) mass is 266 g/mol. The van der Waals surface area contributed by atoms with Crippen molar-refractivity contribution in [2.24, 2.45) is 5.41 Å². The topological polar surface area (TPSA) is 15.3 Å². The Labute approximate surface area is 120 Å². The molecule has 0 aromatic heterocycles. The molecule has 2 rings (SSSR count). The SMILES string of the molecule is CCCNCC1(CN2C(C)CCC2CC)CCCC1. The predicted molar refractivity (Wildman–Crippen MR) is 83.5 cm³/mol. The van der Waals surface area contributed by atoms with Gasteiger partial charge in [-0.3, -0.25) is 4.90 Å². The lowest BCUT2D eigenvalue weighted by Crippen LogP contribution is -2.46. The van der Waals surface area contributed by atoms with Gasteiger partial charge in [0.15, 0.2) is 0 Å². The summed E-state index contributed by atoms with van der Waals surface area (Å²) in [6.45, 7) is 10.9. The highest BCUT2D eigenvalue weighted by atomic mass is 15.2. The Balaban J connectivity index is 1.95. The van der Waals surface area contributed by atoms with Gasteiger partial charge in [-0.15, -0.1) is 0 Å². The molecule has 0 spiro atoms. The zero-order valence-corrected chi connectivity index (χ0v) is 13.4. The smallest absolute Gasteiger partial charge is 0.00962 e. The lowest BCUT2D eigenvalue weighted by molar-refractivity contribution is 0.108. The third-order valence-electron chi connectivity index (χ3n) is 5.53. The summed E-state index contributed by atoms with van der Waals surface area (Å²) in [6, 6.07) is 1.67. The summed E-state index contributed by atoms with van der Waals surface area (Å²) < 4.78 is 0. The molecule has 2 atom stereocenters. The van der Waals surface area contributed by atoms with Crippen LogP contribution in [0.5, 0.6) is 0 Å². The minimum atomic E-state index is 0.585. The normalized spacial score (nSPS) is 31.1. The van der Waals surface area contributed by atoms with Crippen molar-refractivity contribution in [3.05, 3.63) is 0 Å². The summed E-state index contributed by atoms with van der Waals surface area (Å²) in [4.78, 5) is 2.85. The molecule has 1 aliphatic carbocycles. The van der Waals surface area contributed by atoms with E-state index in [1.54, 1.807) is 0 Å². The number of hydrogen-bond acceptors (Lipinski definition) is 2. The van der Waals surface area contributed by atoms with Crippen molar-refractivity contribution in [3.63, 3.8) is 0 Å². The quantitative estimate of drug-likeness (QED) is 0.705. The molecule has 0 aromatic carbocycles. The highest BCUT2D eigenvalue weighted by Crippen LogP contribution is 2.41. The van der Waals surface area contributed by atoms with Crippen molar-refractivity contribution in [1.82, 2.24) is 10.2 Å². The van der Waals surface area contributed by atoms with E-state index in [9.17, 15) is 0 Å². The predicted octanol–water partition coefficient (Wildman–Crippen LogP) is 3.81. The Morgan fingerprint density at radius 1 is 1.16 bits per heavy atom. The van der Waals surface area contributed by atoms with Gasteiger partial charge in [0, 0.05) is 25.2 Å². The van der Waals surface area contributed by atoms with Crippen LogP contribution in [-0.4, -0.2) is 36.6 Å². The van der Waals surface area contributed by atoms with Crippen LogP contribution in [0.15, 0.2) is 0 Å². The van der Waals surface area contributed by atoms with E-state index in [1.165, 1.54) is 71.0 Å². The van der Waals surface area contributed by atoms with Crippen LogP contribution in [0.1, 0.15) is 72.1 Å². The van der Waals surface area contributed by atoms with Crippen LogP contribution >= 0.6 is 0 Å². The van der Waals surface area contributed by atoms with Gasteiger partial charge in [-0.25, -0.2) is 0 Å². The Morgan fingerprint density at radius 3 is 2.53 bits per heavy atom. The van der Waals surface area contributed by atoms with Crippen molar-refractivity contribution < 1.29 is 0 Å². The first-order valence-corrected chi connectivity index (χ1v) is 8.67. The molecule has 112 valence electrons. The number of nitrogens with one attached hydrogen (secondary N) is 1. The fraction of sp³-hybridized carbons (Fsp3) is 1.00. The van der Waals surface area contributed by atoms with E-state index in [0.717, 1.165) is 12.1 Å². The standard InChI is InChI=1S/C17H34N2/c1-4-12-18-13-17(10-6-7-11-17)14-19-15(3)8-9-16(19)5-2/h15-16,18H,4-14H2,1-3H3. The number of hydrogen-bond donors (Lipinski definition) is 1. The van der Waals surface area contributed by atoms with Crippen molar-refractivity contribution >= 4 is 0 Å². The van der Waals surface area contributed by atoms with Crippen LogP contribution < -0.4 is 5.32 Å². The molecule has 1 N–H and O–H groups in total. The van der Waals surface area contributed by atoms with Crippen LogP contribution in [0.2, 0.25) is 0 Å². The largest absolute Gasteiger partial charge is 0.316 e. The van der Waals surface area contributed by atoms with Gasteiger partial charge in [-0.1, -0.05) is 26.7 Å². The van der Waals surface area contributed by atoms with Gasteiger partial charge in [0.25, 0.3) is 0 Å². The molecule has 19 heavy (non-hydrogen) atoms. The van der Waals surface area contributed by atoms with Gasteiger partial charge < -0.3 is 5.32 Å². The van der Waals surface area contributed by atoms with Crippen molar-refractivity contribution in [2.75, 3.05) is 19.6 Å². The average Bonchev–Trinajstić information content (AvgIpc) is 3.00. The van der Waals surface area contributed by atoms with Crippen LogP contribution in [-0.2, 0) is 0 Å². The van der Waals surface area contributed by atoms with Crippen molar-refractivity contribution in [3.8, 4) is 0 Å². The first-order chi connectivity index (χ1) is 9.21. The molecule has 1 saturated heterocycles. The molecule has 2 nitrogen and oxygen atoms in total. The maximum atomic E-state index is 3.71.